The number of likely N-dealkylation sites (tertiary alicyclic amines) is 1. The summed E-state index contributed by atoms with van der Waals surface area (Å²) >= 11 is 0. The molecule has 0 radical (unpaired) electrons. The van der Waals surface area contributed by atoms with Gasteiger partial charge in [0, 0.05) is 18.7 Å². The number of aryl methyl sites for hydroxylation is 1. The minimum absolute atomic E-state index is 0.637. The summed E-state index contributed by atoms with van der Waals surface area (Å²) in [6.45, 7) is 5.89. The summed E-state index contributed by atoms with van der Waals surface area (Å²) in [5.74, 6) is 1.34. The van der Waals surface area contributed by atoms with Gasteiger partial charge in [0.1, 0.15) is 6.26 Å². The molecule has 1 aliphatic heterocycles. The molecular formula is C16H21N3O. The molecule has 0 saturated carbocycles. The molecule has 0 aliphatic carbocycles. The fourth-order valence-corrected chi connectivity index (χ4v) is 2.69. The summed E-state index contributed by atoms with van der Waals surface area (Å²) in [7, 11) is 0. The molecule has 4 heteroatoms. The Kier molecular flexibility index (Phi) is 3.85. The van der Waals surface area contributed by atoms with Crippen LogP contribution in [-0.4, -0.2) is 29.5 Å². The summed E-state index contributed by atoms with van der Waals surface area (Å²) in [4.78, 5) is 6.98. The van der Waals surface area contributed by atoms with Crippen LogP contribution in [0.25, 0.3) is 11.5 Å². The first-order chi connectivity index (χ1) is 9.74. The van der Waals surface area contributed by atoms with Crippen molar-refractivity contribution in [3.63, 3.8) is 0 Å². The summed E-state index contributed by atoms with van der Waals surface area (Å²) in [5, 5.41) is 0. The first-order valence-corrected chi connectivity index (χ1v) is 7.18. The second-order valence-corrected chi connectivity index (χ2v) is 5.64. The Morgan fingerprint density at radius 3 is 2.85 bits per heavy atom. The molecular weight excluding hydrogens is 250 g/mol. The van der Waals surface area contributed by atoms with Crippen molar-refractivity contribution < 1.29 is 4.42 Å². The average Bonchev–Trinajstić information content (AvgIpc) is 3.09. The van der Waals surface area contributed by atoms with Crippen molar-refractivity contribution in [1.82, 2.24) is 9.88 Å². The van der Waals surface area contributed by atoms with Gasteiger partial charge in [0.25, 0.3) is 0 Å². The summed E-state index contributed by atoms with van der Waals surface area (Å²) in [6.07, 6.45) is 2.96. The van der Waals surface area contributed by atoms with E-state index in [0.29, 0.717) is 11.8 Å². The van der Waals surface area contributed by atoms with E-state index in [-0.39, 0.29) is 0 Å². The van der Waals surface area contributed by atoms with Gasteiger partial charge in [-0.1, -0.05) is 17.7 Å². The largest absolute Gasteiger partial charge is 0.444 e. The van der Waals surface area contributed by atoms with Crippen LogP contribution in [0.15, 0.2) is 34.9 Å². The zero-order valence-corrected chi connectivity index (χ0v) is 11.9. The minimum atomic E-state index is 0.637. The molecule has 1 atom stereocenters. The second kappa shape index (κ2) is 5.77. The maximum absolute atomic E-state index is 5.72. The Morgan fingerprint density at radius 1 is 1.35 bits per heavy atom. The number of benzene rings is 1. The van der Waals surface area contributed by atoms with Crippen molar-refractivity contribution in [2.75, 3.05) is 19.6 Å². The number of aromatic nitrogens is 1. The van der Waals surface area contributed by atoms with Crippen molar-refractivity contribution in [1.29, 1.82) is 0 Å². The van der Waals surface area contributed by atoms with Crippen molar-refractivity contribution in [2.24, 2.45) is 11.7 Å². The SMILES string of the molecule is Cc1ccc(-c2nc(CN3CCC(CN)C3)co2)cc1. The summed E-state index contributed by atoms with van der Waals surface area (Å²) < 4.78 is 5.59. The number of hydrogen-bond acceptors (Lipinski definition) is 4. The third-order valence-corrected chi connectivity index (χ3v) is 3.94. The van der Waals surface area contributed by atoms with Crippen LogP contribution in [0.2, 0.25) is 0 Å². The monoisotopic (exact) mass is 271 g/mol. The van der Waals surface area contributed by atoms with Crippen LogP contribution in [-0.2, 0) is 6.54 Å². The first kappa shape index (κ1) is 13.3. The summed E-state index contributed by atoms with van der Waals surface area (Å²) in [5.41, 5.74) is 8.99. The highest BCUT2D eigenvalue weighted by Gasteiger charge is 2.22. The van der Waals surface area contributed by atoms with Gasteiger partial charge < -0.3 is 10.2 Å². The first-order valence-electron chi connectivity index (χ1n) is 7.18. The van der Waals surface area contributed by atoms with Crippen LogP contribution in [0, 0.1) is 12.8 Å². The normalized spacial score (nSPS) is 19.6. The lowest BCUT2D eigenvalue weighted by Gasteiger charge is -2.13. The molecule has 2 N–H and O–H groups in total. The van der Waals surface area contributed by atoms with Crippen LogP contribution in [0.1, 0.15) is 17.7 Å². The van der Waals surface area contributed by atoms with E-state index in [0.717, 1.165) is 37.4 Å². The molecule has 1 fully saturated rings. The lowest BCUT2D eigenvalue weighted by molar-refractivity contribution is 0.313. The van der Waals surface area contributed by atoms with Gasteiger partial charge in [0.05, 0.1) is 5.69 Å². The van der Waals surface area contributed by atoms with Crippen LogP contribution < -0.4 is 5.73 Å². The fraction of sp³-hybridized carbons (Fsp3) is 0.438. The predicted molar refractivity (Wildman–Crippen MR) is 79.1 cm³/mol. The fourth-order valence-electron chi connectivity index (χ4n) is 2.69. The molecule has 1 unspecified atom stereocenters. The third kappa shape index (κ3) is 2.92. The van der Waals surface area contributed by atoms with Crippen LogP contribution in [0.4, 0.5) is 0 Å². The molecule has 2 heterocycles. The topological polar surface area (TPSA) is 55.3 Å². The second-order valence-electron chi connectivity index (χ2n) is 5.64. The van der Waals surface area contributed by atoms with Crippen molar-refractivity contribution >= 4 is 0 Å². The molecule has 0 amide bonds. The maximum atomic E-state index is 5.72. The van der Waals surface area contributed by atoms with E-state index in [1.807, 2.05) is 12.1 Å². The van der Waals surface area contributed by atoms with E-state index < -0.39 is 0 Å². The number of rotatable bonds is 4. The van der Waals surface area contributed by atoms with Crippen LogP contribution >= 0.6 is 0 Å². The smallest absolute Gasteiger partial charge is 0.226 e. The van der Waals surface area contributed by atoms with Gasteiger partial charge in [-0.25, -0.2) is 4.98 Å². The van der Waals surface area contributed by atoms with Crippen molar-refractivity contribution in [3.05, 3.63) is 41.8 Å². The molecule has 1 aromatic heterocycles. The highest BCUT2D eigenvalue weighted by atomic mass is 16.3. The standard InChI is InChI=1S/C16H21N3O/c1-12-2-4-14(5-3-12)16-18-15(11-20-16)10-19-7-6-13(8-17)9-19/h2-5,11,13H,6-10,17H2,1H3. The van der Waals surface area contributed by atoms with E-state index in [1.54, 1.807) is 6.26 Å². The Bertz CT molecular complexity index is 561. The predicted octanol–water partition coefficient (Wildman–Crippen LogP) is 2.43. The van der Waals surface area contributed by atoms with E-state index in [2.05, 4.69) is 28.9 Å². The Labute approximate surface area is 119 Å². The van der Waals surface area contributed by atoms with Gasteiger partial charge in [-0.3, -0.25) is 4.90 Å². The minimum Gasteiger partial charge on any atom is -0.444 e. The molecule has 20 heavy (non-hydrogen) atoms. The zero-order valence-electron chi connectivity index (χ0n) is 11.9. The number of nitrogens with two attached hydrogens (primary N) is 1. The summed E-state index contributed by atoms with van der Waals surface area (Å²) in [6, 6.07) is 8.24. The van der Waals surface area contributed by atoms with Gasteiger partial charge in [0.15, 0.2) is 0 Å². The maximum Gasteiger partial charge on any atom is 0.226 e. The van der Waals surface area contributed by atoms with Gasteiger partial charge in [0.2, 0.25) is 5.89 Å². The lowest BCUT2D eigenvalue weighted by Crippen LogP contribution is -2.22. The highest BCUT2D eigenvalue weighted by Crippen LogP contribution is 2.21. The molecule has 106 valence electrons. The molecule has 0 spiro atoms. The Hall–Kier alpha value is -1.65. The molecule has 1 saturated heterocycles. The third-order valence-electron chi connectivity index (χ3n) is 3.94. The number of oxazole rings is 1. The van der Waals surface area contributed by atoms with Gasteiger partial charge in [-0.15, -0.1) is 0 Å². The zero-order chi connectivity index (χ0) is 13.9. The molecule has 3 rings (SSSR count). The number of hydrogen-bond donors (Lipinski definition) is 1. The molecule has 1 aromatic carbocycles. The van der Waals surface area contributed by atoms with E-state index in [9.17, 15) is 0 Å². The molecule has 4 nitrogen and oxygen atoms in total. The molecule has 2 aromatic rings. The molecule has 0 bridgehead atoms. The quantitative estimate of drug-likeness (QED) is 0.928. The molecule has 1 aliphatic rings. The highest BCUT2D eigenvalue weighted by molar-refractivity contribution is 5.53. The van der Waals surface area contributed by atoms with Crippen LogP contribution in [0.3, 0.4) is 0 Å². The van der Waals surface area contributed by atoms with Crippen LogP contribution in [0.5, 0.6) is 0 Å². The van der Waals surface area contributed by atoms with Crippen molar-refractivity contribution in [3.8, 4) is 11.5 Å². The Balaban J connectivity index is 1.66. The van der Waals surface area contributed by atoms with Gasteiger partial charge >= 0.3 is 0 Å². The van der Waals surface area contributed by atoms with Crippen molar-refractivity contribution in [2.45, 2.75) is 19.9 Å². The van der Waals surface area contributed by atoms with E-state index in [4.69, 9.17) is 10.2 Å². The number of nitrogens with zero attached hydrogens (tertiary/aromatic N) is 2. The lowest BCUT2D eigenvalue weighted by atomic mass is 10.1. The van der Waals surface area contributed by atoms with Gasteiger partial charge in [-0.05, 0) is 44.5 Å². The Morgan fingerprint density at radius 2 is 2.15 bits per heavy atom. The van der Waals surface area contributed by atoms with Gasteiger partial charge in [-0.2, -0.15) is 0 Å². The average molecular weight is 271 g/mol. The van der Waals surface area contributed by atoms with E-state index >= 15 is 0 Å². The van der Waals surface area contributed by atoms with E-state index in [1.165, 1.54) is 12.0 Å².